The van der Waals surface area contributed by atoms with E-state index in [1.807, 2.05) is 20.0 Å². The number of benzene rings is 1. The Labute approximate surface area is 173 Å². The maximum absolute atomic E-state index is 12.7. The molecule has 0 spiro atoms. The Kier molecular flexibility index (Phi) is 9.14. The van der Waals surface area contributed by atoms with Crippen molar-refractivity contribution in [3.8, 4) is 11.8 Å². The summed E-state index contributed by atoms with van der Waals surface area (Å²) in [5.74, 6) is 6.11. The van der Waals surface area contributed by atoms with E-state index in [1.165, 1.54) is 6.07 Å². The summed E-state index contributed by atoms with van der Waals surface area (Å²) in [5.41, 5.74) is 0.569. The first-order chi connectivity index (χ1) is 12.4. The second-order valence-corrected chi connectivity index (χ2v) is 5.38. The molecule has 0 saturated heterocycles. The van der Waals surface area contributed by atoms with E-state index in [-0.39, 0.29) is 30.5 Å². The van der Waals surface area contributed by atoms with Gasteiger partial charge in [0.2, 0.25) is 0 Å². The zero-order valence-electron chi connectivity index (χ0n) is 15.0. The summed E-state index contributed by atoms with van der Waals surface area (Å²) in [6.07, 6.45) is -2.67. The van der Waals surface area contributed by atoms with Gasteiger partial charge in [-0.3, -0.25) is 4.68 Å². The Hall–Kier alpha value is -2.22. The van der Waals surface area contributed by atoms with Gasteiger partial charge >= 0.3 is 6.18 Å². The quantitative estimate of drug-likeness (QED) is 0.299. The summed E-state index contributed by atoms with van der Waals surface area (Å²) in [6.45, 7) is 3.33. The Morgan fingerprint density at radius 2 is 2.04 bits per heavy atom. The van der Waals surface area contributed by atoms with Crippen LogP contribution in [0.15, 0.2) is 41.5 Å². The van der Waals surface area contributed by atoms with Gasteiger partial charge in [0, 0.05) is 25.4 Å². The summed E-state index contributed by atoms with van der Waals surface area (Å²) >= 11 is 0. The molecule has 0 aliphatic rings. The standard InChI is InChI=1S/C18H20F3N5.HI/c1-3-22-17(24-13-16-9-11-25-26(16)2)23-10-5-7-14-6-4-8-15(12-14)18(19,20)21;/h4,6,8-9,11-12H,3,10,13H2,1-2H3,(H2,22,23,24);1H. The highest BCUT2D eigenvalue weighted by molar-refractivity contribution is 14.0. The van der Waals surface area contributed by atoms with Crippen LogP contribution in [0, 0.1) is 11.8 Å². The van der Waals surface area contributed by atoms with Crippen molar-refractivity contribution in [3.05, 3.63) is 53.3 Å². The third-order valence-corrected chi connectivity index (χ3v) is 3.43. The number of hydrogen-bond acceptors (Lipinski definition) is 2. The largest absolute Gasteiger partial charge is 0.416 e. The maximum Gasteiger partial charge on any atom is 0.416 e. The van der Waals surface area contributed by atoms with Crippen molar-refractivity contribution in [3.63, 3.8) is 0 Å². The molecule has 9 heteroatoms. The molecule has 2 N–H and O–H groups in total. The minimum Gasteiger partial charge on any atom is -0.357 e. The van der Waals surface area contributed by atoms with Crippen LogP contribution < -0.4 is 10.6 Å². The molecular weight excluding hydrogens is 470 g/mol. The van der Waals surface area contributed by atoms with Gasteiger partial charge in [-0.1, -0.05) is 17.9 Å². The average Bonchev–Trinajstić information content (AvgIpc) is 3.01. The minimum absolute atomic E-state index is 0. The van der Waals surface area contributed by atoms with Crippen LogP contribution in [-0.4, -0.2) is 28.8 Å². The van der Waals surface area contributed by atoms with Gasteiger partial charge in [0.1, 0.15) is 0 Å². The van der Waals surface area contributed by atoms with Crippen LogP contribution in [0.3, 0.4) is 0 Å². The first-order valence-corrected chi connectivity index (χ1v) is 8.05. The fourth-order valence-electron chi connectivity index (χ4n) is 2.11. The number of aliphatic imine (C=N–C) groups is 1. The SMILES string of the molecule is CCNC(=NCc1ccnn1C)NCC#Cc1cccc(C(F)(F)F)c1.I. The lowest BCUT2D eigenvalue weighted by Gasteiger charge is -2.08. The normalized spacial score (nSPS) is 11.2. The van der Waals surface area contributed by atoms with Crippen LogP contribution in [0.4, 0.5) is 13.2 Å². The molecule has 0 unspecified atom stereocenters. The fourth-order valence-corrected chi connectivity index (χ4v) is 2.11. The molecule has 0 atom stereocenters. The smallest absolute Gasteiger partial charge is 0.357 e. The molecule has 0 aliphatic carbocycles. The molecule has 0 bridgehead atoms. The van der Waals surface area contributed by atoms with Crippen LogP contribution in [0.1, 0.15) is 23.7 Å². The lowest BCUT2D eigenvalue weighted by atomic mass is 10.1. The van der Waals surface area contributed by atoms with E-state index < -0.39 is 11.7 Å². The van der Waals surface area contributed by atoms with Gasteiger partial charge < -0.3 is 10.6 Å². The molecular formula is C18H21F3IN5. The molecule has 1 aromatic heterocycles. The summed E-state index contributed by atoms with van der Waals surface area (Å²) in [5, 5.41) is 10.2. The van der Waals surface area contributed by atoms with Crippen molar-refractivity contribution in [2.75, 3.05) is 13.1 Å². The summed E-state index contributed by atoms with van der Waals surface area (Å²) in [4.78, 5) is 4.42. The number of halogens is 4. The number of rotatable bonds is 4. The molecule has 2 rings (SSSR count). The molecule has 0 aliphatic heterocycles. The minimum atomic E-state index is -4.37. The van der Waals surface area contributed by atoms with Crippen molar-refractivity contribution in [1.29, 1.82) is 0 Å². The van der Waals surface area contributed by atoms with Crippen molar-refractivity contribution in [1.82, 2.24) is 20.4 Å². The van der Waals surface area contributed by atoms with E-state index >= 15 is 0 Å². The van der Waals surface area contributed by atoms with Gasteiger partial charge in [-0.2, -0.15) is 18.3 Å². The summed E-state index contributed by atoms with van der Waals surface area (Å²) in [7, 11) is 1.84. The highest BCUT2D eigenvalue weighted by atomic mass is 127. The Morgan fingerprint density at radius 3 is 2.67 bits per heavy atom. The molecule has 0 amide bonds. The van der Waals surface area contributed by atoms with E-state index in [0.717, 1.165) is 17.8 Å². The van der Waals surface area contributed by atoms with E-state index in [1.54, 1.807) is 16.9 Å². The molecule has 0 saturated carbocycles. The highest BCUT2D eigenvalue weighted by Crippen LogP contribution is 2.29. The number of aromatic nitrogens is 2. The Bertz CT molecular complexity index is 818. The average molecular weight is 491 g/mol. The molecule has 5 nitrogen and oxygen atoms in total. The number of aryl methyl sites for hydroxylation is 1. The predicted octanol–water partition coefficient (Wildman–Crippen LogP) is 3.16. The maximum atomic E-state index is 12.7. The number of alkyl halides is 3. The molecule has 1 aromatic carbocycles. The first-order valence-electron chi connectivity index (χ1n) is 8.05. The number of hydrogen-bond donors (Lipinski definition) is 2. The Balaban J connectivity index is 0.00000364. The topological polar surface area (TPSA) is 54.2 Å². The van der Waals surface area contributed by atoms with Crippen molar-refractivity contribution >= 4 is 29.9 Å². The first kappa shape index (κ1) is 22.8. The lowest BCUT2D eigenvalue weighted by Crippen LogP contribution is -2.37. The van der Waals surface area contributed by atoms with Crippen LogP contribution in [0.25, 0.3) is 0 Å². The molecule has 1 heterocycles. The summed E-state index contributed by atoms with van der Waals surface area (Å²) < 4.78 is 39.8. The zero-order valence-corrected chi connectivity index (χ0v) is 17.3. The fraction of sp³-hybridized carbons (Fsp3) is 0.333. The van der Waals surface area contributed by atoms with E-state index in [9.17, 15) is 13.2 Å². The summed E-state index contributed by atoms with van der Waals surface area (Å²) in [6, 6.07) is 6.83. The van der Waals surface area contributed by atoms with Gasteiger partial charge in [0.25, 0.3) is 0 Å². The third kappa shape index (κ3) is 7.50. The van der Waals surface area contributed by atoms with E-state index in [2.05, 4.69) is 32.6 Å². The predicted molar refractivity (Wildman–Crippen MR) is 110 cm³/mol. The second kappa shape index (κ2) is 10.8. The Morgan fingerprint density at radius 1 is 1.26 bits per heavy atom. The zero-order chi connectivity index (χ0) is 19.0. The third-order valence-electron chi connectivity index (χ3n) is 3.43. The molecule has 146 valence electrons. The monoisotopic (exact) mass is 491 g/mol. The van der Waals surface area contributed by atoms with Crippen LogP contribution in [0.2, 0.25) is 0 Å². The van der Waals surface area contributed by atoms with Gasteiger partial charge in [0.15, 0.2) is 5.96 Å². The van der Waals surface area contributed by atoms with Crippen LogP contribution in [-0.2, 0) is 19.8 Å². The lowest BCUT2D eigenvalue weighted by molar-refractivity contribution is -0.137. The van der Waals surface area contributed by atoms with Gasteiger partial charge in [-0.25, -0.2) is 4.99 Å². The molecule has 27 heavy (non-hydrogen) atoms. The van der Waals surface area contributed by atoms with Crippen LogP contribution in [0.5, 0.6) is 0 Å². The van der Waals surface area contributed by atoms with Crippen molar-refractivity contribution in [2.24, 2.45) is 12.0 Å². The number of guanidine groups is 1. The second-order valence-electron chi connectivity index (χ2n) is 5.38. The van der Waals surface area contributed by atoms with Gasteiger partial charge in [0.05, 0.1) is 24.3 Å². The van der Waals surface area contributed by atoms with Gasteiger partial charge in [-0.05, 0) is 31.2 Å². The number of nitrogens with one attached hydrogen (secondary N) is 2. The molecule has 0 radical (unpaired) electrons. The number of nitrogens with zero attached hydrogens (tertiary/aromatic N) is 3. The molecule has 2 aromatic rings. The van der Waals surface area contributed by atoms with E-state index in [4.69, 9.17) is 0 Å². The van der Waals surface area contributed by atoms with Crippen LogP contribution >= 0.6 is 24.0 Å². The van der Waals surface area contributed by atoms with Gasteiger partial charge in [-0.15, -0.1) is 24.0 Å². The highest BCUT2D eigenvalue weighted by Gasteiger charge is 2.30. The van der Waals surface area contributed by atoms with Crippen molar-refractivity contribution in [2.45, 2.75) is 19.6 Å². The van der Waals surface area contributed by atoms with E-state index in [0.29, 0.717) is 24.6 Å². The van der Waals surface area contributed by atoms with Crippen molar-refractivity contribution < 1.29 is 13.2 Å². The molecule has 0 fully saturated rings.